The third-order valence-corrected chi connectivity index (χ3v) is 5.73. The molecule has 0 aliphatic heterocycles. The lowest BCUT2D eigenvalue weighted by Gasteiger charge is -2.16. The second kappa shape index (κ2) is 7.77. The lowest BCUT2D eigenvalue weighted by Crippen LogP contribution is -2.23. The second-order valence-corrected chi connectivity index (χ2v) is 8.23. The smallest absolute Gasteiger partial charge is 0.358 e. The van der Waals surface area contributed by atoms with E-state index in [-0.39, 0.29) is 16.4 Å². The molecule has 30 heavy (non-hydrogen) atoms. The number of aromatic nitrogens is 2. The number of rotatable bonds is 4. The first kappa shape index (κ1) is 21.8. The zero-order valence-corrected chi connectivity index (χ0v) is 17.1. The predicted octanol–water partition coefficient (Wildman–Crippen LogP) is 4.29. The van der Waals surface area contributed by atoms with Gasteiger partial charge in [0.05, 0.1) is 22.3 Å². The topological polar surface area (TPSA) is 78.3 Å². The summed E-state index contributed by atoms with van der Waals surface area (Å²) < 4.78 is 69.8. The molecule has 0 saturated carbocycles. The van der Waals surface area contributed by atoms with E-state index in [9.17, 15) is 26.4 Å². The van der Waals surface area contributed by atoms with Crippen molar-refractivity contribution in [3.05, 3.63) is 80.9 Å². The molecule has 0 bridgehead atoms. The maximum Gasteiger partial charge on any atom is 0.417 e. The fourth-order valence-electron chi connectivity index (χ4n) is 2.68. The fourth-order valence-corrected chi connectivity index (χ4v) is 3.88. The fraction of sp³-hybridized carbons (Fsp3) is 0.158. The zero-order valence-electron chi connectivity index (χ0n) is 15.6. The number of nitrogens with zero attached hydrogens (tertiary/aromatic N) is 2. The van der Waals surface area contributed by atoms with E-state index in [1.54, 1.807) is 19.1 Å². The van der Waals surface area contributed by atoms with Crippen LogP contribution in [0, 0.1) is 13.8 Å². The molecule has 3 aromatic rings. The number of halogens is 4. The number of benzene rings is 2. The van der Waals surface area contributed by atoms with Gasteiger partial charge in [-0.3, -0.25) is 9.36 Å². The Bertz CT molecular complexity index is 1270. The van der Waals surface area contributed by atoms with Crippen molar-refractivity contribution in [2.75, 3.05) is 0 Å². The SMILES string of the molecule is Cc1ccc(S(=O)(=O)Oc2cc(=O)n(-c3cccc(C(F)(F)F)c3Cl)c(C)n2)cc1. The Morgan fingerprint density at radius 3 is 2.27 bits per heavy atom. The monoisotopic (exact) mass is 458 g/mol. The molecule has 0 aliphatic rings. The van der Waals surface area contributed by atoms with Gasteiger partial charge in [0, 0.05) is 0 Å². The summed E-state index contributed by atoms with van der Waals surface area (Å²) in [5.74, 6) is -0.629. The van der Waals surface area contributed by atoms with Crippen molar-refractivity contribution in [2.45, 2.75) is 24.9 Å². The van der Waals surface area contributed by atoms with Gasteiger partial charge >= 0.3 is 16.3 Å². The number of hydrogen-bond acceptors (Lipinski definition) is 5. The van der Waals surface area contributed by atoms with Crippen LogP contribution in [-0.2, 0) is 16.3 Å². The van der Waals surface area contributed by atoms with Crippen LogP contribution in [0.1, 0.15) is 17.0 Å². The summed E-state index contributed by atoms with van der Waals surface area (Å²) in [4.78, 5) is 16.3. The zero-order chi connectivity index (χ0) is 22.3. The van der Waals surface area contributed by atoms with E-state index in [0.717, 1.165) is 28.3 Å². The second-order valence-electron chi connectivity index (χ2n) is 6.30. The highest BCUT2D eigenvalue weighted by Crippen LogP contribution is 2.37. The number of hydrogen-bond donors (Lipinski definition) is 0. The Labute approximate surface area is 174 Å². The maximum atomic E-state index is 13.1. The van der Waals surface area contributed by atoms with Crippen LogP contribution in [-0.4, -0.2) is 18.0 Å². The minimum absolute atomic E-state index is 0.113. The molecular weight excluding hydrogens is 445 g/mol. The summed E-state index contributed by atoms with van der Waals surface area (Å²) in [6.07, 6.45) is -4.72. The minimum Gasteiger partial charge on any atom is -0.358 e. The molecule has 0 unspecified atom stereocenters. The Morgan fingerprint density at radius 1 is 1.07 bits per heavy atom. The van der Waals surface area contributed by atoms with Gasteiger partial charge in [-0.05, 0) is 38.1 Å². The van der Waals surface area contributed by atoms with Crippen molar-refractivity contribution >= 4 is 21.7 Å². The molecule has 1 aromatic heterocycles. The van der Waals surface area contributed by atoms with Crippen LogP contribution in [0.15, 0.2) is 58.2 Å². The van der Waals surface area contributed by atoms with E-state index < -0.39 is 38.3 Å². The molecule has 0 spiro atoms. The van der Waals surface area contributed by atoms with Crippen LogP contribution in [0.4, 0.5) is 13.2 Å². The van der Waals surface area contributed by atoms with Crippen LogP contribution < -0.4 is 9.74 Å². The lowest BCUT2D eigenvalue weighted by molar-refractivity contribution is -0.137. The first-order chi connectivity index (χ1) is 13.9. The highest BCUT2D eigenvalue weighted by Gasteiger charge is 2.34. The normalized spacial score (nSPS) is 12.1. The number of aryl methyl sites for hydroxylation is 2. The van der Waals surface area contributed by atoms with Crippen LogP contribution in [0.5, 0.6) is 5.88 Å². The van der Waals surface area contributed by atoms with Gasteiger partial charge in [-0.1, -0.05) is 35.4 Å². The molecule has 0 atom stereocenters. The van der Waals surface area contributed by atoms with E-state index in [1.807, 2.05) is 0 Å². The molecule has 0 aliphatic carbocycles. The summed E-state index contributed by atoms with van der Waals surface area (Å²) in [6, 6.07) is 9.67. The average Bonchev–Trinajstić information content (AvgIpc) is 2.61. The van der Waals surface area contributed by atoms with Crippen molar-refractivity contribution in [2.24, 2.45) is 0 Å². The van der Waals surface area contributed by atoms with E-state index in [1.165, 1.54) is 25.1 Å². The molecular formula is C19H14ClF3N2O4S. The molecule has 0 amide bonds. The number of alkyl halides is 3. The van der Waals surface area contributed by atoms with E-state index in [2.05, 4.69) is 4.98 Å². The van der Waals surface area contributed by atoms with Gasteiger partial charge in [0.15, 0.2) is 0 Å². The highest BCUT2D eigenvalue weighted by atomic mass is 35.5. The average molecular weight is 459 g/mol. The Hall–Kier alpha value is -2.85. The van der Waals surface area contributed by atoms with Crippen LogP contribution in [0.2, 0.25) is 5.02 Å². The molecule has 11 heteroatoms. The molecule has 2 aromatic carbocycles. The summed E-state index contributed by atoms with van der Waals surface area (Å²) in [7, 11) is -4.26. The van der Waals surface area contributed by atoms with Gasteiger partial charge in [-0.25, -0.2) is 0 Å². The molecule has 0 saturated heterocycles. The van der Waals surface area contributed by atoms with E-state index in [4.69, 9.17) is 15.8 Å². The minimum atomic E-state index is -4.72. The molecule has 158 valence electrons. The van der Waals surface area contributed by atoms with Gasteiger partial charge in [0.1, 0.15) is 10.7 Å². The largest absolute Gasteiger partial charge is 0.417 e. The lowest BCUT2D eigenvalue weighted by atomic mass is 10.2. The molecule has 0 radical (unpaired) electrons. The molecule has 0 fully saturated rings. The first-order valence-electron chi connectivity index (χ1n) is 8.38. The van der Waals surface area contributed by atoms with Gasteiger partial charge in [0.25, 0.3) is 5.56 Å². The summed E-state index contributed by atoms with van der Waals surface area (Å²) in [5, 5.41) is -0.682. The summed E-state index contributed by atoms with van der Waals surface area (Å²) >= 11 is 5.88. The van der Waals surface area contributed by atoms with Crippen LogP contribution in [0.3, 0.4) is 0 Å². The Balaban J connectivity index is 2.04. The van der Waals surface area contributed by atoms with Crippen LogP contribution in [0.25, 0.3) is 5.69 Å². The maximum absolute atomic E-state index is 13.1. The summed E-state index contributed by atoms with van der Waals surface area (Å²) in [5.41, 5.74) is -1.38. The summed E-state index contributed by atoms with van der Waals surface area (Å²) in [6.45, 7) is 3.09. The molecule has 0 N–H and O–H groups in total. The van der Waals surface area contributed by atoms with Gasteiger partial charge in [-0.2, -0.15) is 26.6 Å². The van der Waals surface area contributed by atoms with Crippen molar-refractivity contribution in [1.82, 2.24) is 9.55 Å². The van der Waals surface area contributed by atoms with E-state index >= 15 is 0 Å². The molecule has 6 nitrogen and oxygen atoms in total. The highest BCUT2D eigenvalue weighted by molar-refractivity contribution is 7.87. The van der Waals surface area contributed by atoms with Crippen molar-refractivity contribution < 1.29 is 25.8 Å². The van der Waals surface area contributed by atoms with E-state index in [0.29, 0.717) is 0 Å². The standard InChI is InChI=1S/C19H14ClF3N2O4S/c1-11-6-8-13(9-7-11)30(27,28)29-16-10-17(26)25(12(2)24-16)15-5-3-4-14(18(15)20)19(21,22)23/h3-10H,1-2H3. The van der Waals surface area contributed by atoms with Gasteiger partial charge in [0.2, 0.25) is 5.88 Å². The first-order valence-corrected chi connectivity index (χ1v) is 10.2. The van der Waals surface area contributed by atoms with Gasteiger partial charge < -0.3 is 4.18 Å². The van der Waals surface area contributed by atoms with Crippen LogP contribution >= 0.6 is 11.6 Å². The molecule has 3 rings (SSSR count). The Kier molecular flexibility index (Phi) is 5.66. The van der Waals surface area contributed by atoms with Crippen molar-refractivity contribution in [3.63, 3.8) is 0 Å². The Morgan fingerprint density at radius 2 is 1.70 bits per heavy atom. The third kappa shape index (κ3) is 4.34. The quantitative estimate of drug-likeness (QED) is 0.545. The van der Waals surface area contributed by atoms with Crippen molar-refractivity contribution in [3.8, 4) is 11.6 Å². The predicted molar refractivity (Wildman–Crippen MR) is 104 cm³/mol. The van der Waals surface area contributed by atoms with Gasteiger partial charge in [-0.15, -0.1) is 0 Å². The third-order valence-electron chi connectivity index (χ3n) is 4.09. The van der Waals surface area contributed by atoms with Crippen molar-refractivity contribution in [1.29, 1.82) is 0 Å². The molecule has 1 heterocycles.